The van der Waals surface area contributed by atoms with Crippen molar-refractivity contribution in [2.75, 3.05) is 5.88 Å². The van der Waals surface area contributed by atoms with Gasteiger partial charge >= 0.3 is 5.97 Å². The van der Waals surface area contributed by atoms with Gasteiger partial charge in [-0.2, -0.15) is 0 Å². The zero-order valence-electron chi connectivity index (χ0n) is 8.17. The first kappa shape index (κ1) is 12.8. The summed E-state index contributed by atoms with van der Waals surface area (Å²) >= 11 is 5.35. The van der Waals surface area contributed by atoms with Gasteiger partial charge in [0.15, 0.2) is 0 Å². The Balaban J connectivity index is 3.03. The number of carbonyl (C=O) groups is 1. The second kappa shape index (κ2) is 5.16. The number of rotatable bonds is 4. The number of carboxylic acid groups (broad SMARTS) is 1. The summed E-state index contributed by atoms with van der Waals surface area (Å²) in [6.45, 7) is 0. The molecule has 0 aliphatic carbocycles. The highest BCUT2D eigenvalue weighted by Gasteiger charge is 2.21. The van der Waals surface area contributed by atoms with E-state index in [2.05, 4.69) is 0 Å². The van der Waals surface area contributed by atoms with Crippen molar-refractivity contribution in [3.63, 3.8) is 0 Å². The van der Waals surface area contributed by atoms with Crippen molar-refractivity contribution in [3.05, 3.63) is 29.3 Å². The van der Waals surface area contributed by atoms with E-state index in [1.807, 2.05) is 0 Å². The van der Waals surface area contributed by atoms with Crippen LogP contribution in [0.25, 0.3) is 0 Å². The van der Waals surface area contributed by atoms with Gasteiger partial charge < -0.3 is 20.4 Å². The number of halogens is 1. The second-order valence-electron chi connectivity index (χ2n) is 3.25. The third-order valence-corrected chi connectivity index (χ3v) is 2.43. The lowest BCUT2D eigenvalue weighted by Gasteiger charge is -2.16. The number of aromatic carboxylic acids is 1. The third kappa shape index (κ3) is 2.63. The van der Waals surface area contributed by atoms with Crippen LogP contribution in [-0.4, -0.2) is 38.4 Å². The lowest BCUT2D eigenvalue weighted by molar-refractivity contribution is 0.0312. The van der Waals surface area contributed by atoms with E-state index in [0.717, 1.165) is 6.07 Å². The molecule has 0 amide bonds. The monoisotopic (exact) mass is 246 g/mol. The number of carboxylic acids is 1. The smallest absolute Gasteiger partial charge is 0.335 e. The number of alkyl halides is 1. The van der Waals surface area contributed by atoms with Gasteiger partial charge in [0.2, 0.25) is 0 Å². The molecule has 0 aliphatic rings. The zero-order chi connectivity index (χ0) is 12.3. The van der Waals surface area contributed by atoms with Gasteiger partial charge in [0.1, 0.15) is 11.9 Å². The normalized spacial score (nSPS) is 14.4. The van der Waals surface area contributed by atoms with Crippen LogP contribution in [0.2, 0.25) is 0 Å². The molecule has 5 nitrogen and oxygen atoms in total. The molecule has 0 aliphatic heterocycles. The molecule has 16 heavy (non-hydrogen) atoms. The Hall–Kier alpha value is -1.30. The maximum absolute atomic E-state index is 10.6. The molecule has 88 valence electrons. The minimum absolute atomic E-state index is 0.0400. The van der Waals surface area contributed by atoms with Crippen molar-refractivity contribution in [2.24, 2.45) is 0 Å². The van der Waals surface area contributed by atoms with Gasteiger partial charge in [0.05, 0.1) is 17.5 Å². The van der Waals surface area contributed by atoms with Crippen molar-refractivity contribution in [2.45, 2.75) is 12.2 Å². The highest BCUT2D eigenvalue weighted by atomic mass is 35.5. The van der Waals surface area contributed by atoms with E-state index in [9.17, 15) is 20.1 Å². The molecule has 1 rings (SSSR count). The molecule has 0 saturated carbocycles. The number of aromatic hydroxyl groups is 1. The first-order chi connectivity index (χ1) is 7.47. The Morgan fingerprint density at radius 1 is 1.38 bits per heavy atom. The van der Waals surface area contributed by atoms with Crippen LogP contribution in [0.3, 0.4) is 0 Å². The Morgan fingerprint density at radius 3 is 2.44 bits per heavy atom. The topological polar surface area (TPSA) is 98.0 Å². The first-order valence-corrected chi connectivity index (χ1v) is 4.99. The molecule has 0 fully saturated rings. The van der Waals surface area contributed by atoms with E-state index in [-0.39, 0.29) is 17.0 Å². The average Bonchev–Trinajstić information content (AvgIpc) is 2.26. The molecule has 2 unspecified atom stereocenters. The zero-order valence-corrected chi connectivity index (χ0v) is 8.92. The second-order valence-corrected chi connectivity index (χ2v) is 3.55. The Kier molecular flexibility index (Phi) is 4.12. The summed E-state index contributed by atoms with van der Waals surface area (Å²) in [4.78, 5) is 10.6. The first-order valence-electron chi connectivity index (χ1n) is 4.45. The maximum atomic E-state index is 10.6. The van der Waals surface area contributed by atoms with Crippen LogP contribution in [-0.2, 0) is 0 Å². The fourth-order valence-electron chi connectivity index (χ4n) is 1.22. The van der Waals surface area contributed by atoms with Crippen molar-refractivity contribution >= 4 is 17.6 Å². The number of phenolic OH excluding ortho intramolecular Hbond substituents is 1. The molecular formula is C10H11ClO5. The van der Waals surface area contributed by atoms with Gasteiger partial charge in [0.25, 0.3) is 0 Å². The summed E-state index contributed by atoms with van der Waals surface area (Å²) in [6.07, 6.45) is -2.57. The van der Waals surface area contributed by atoms with Crippen molar-refractivity contribution in [3.8, 4) is 5.75 Å². The maximum Gasteiger partial charge on any atom is 0.335 e. The van der Waals surface area contributed by atoms with Crippen molar-refractivity contribution in [1.29, 1.82) is 0 Å². The van der Waals surface area contributed by atoms with Crippen LogP contribution < -0.4 is 0 Å². The molecule has 0 saturated heterocycles. The lowest BCUT2D eigenvalue weighted by atomic mass is 10.0. The van der Waals surface area contributed by atoms with E-state index >= 15 is 0 Å². The van der Waals surface area contributed by atoms with Crippen molar-refractivity contribution in [1.82, 2.24) is 0 Å². The van der Waals surface area contributed by atoms with Gasteiger partial charge in [-0.15, -0.1) is 11.6 Å². The predicted octanol–water partition coefficient (Wildman–Crippen LogP) is 0.723. The predicted molar refractivity (Wildman–Crippen MR) is 56.8 cm³/mol. The van der Waals surface area contributed by atoms with E-state index in [4.69, 9.17) is 16.7 Å². The van der Waals surface area contributed by atoms with Gasteiger partial charge in [-0.3, -0.25) is 0 Å². The van der Waals surface area contributed by atoms with Gasteiger partial charge in [-0.1, -0.05) is 6.07 Å². The molecule has 4 N–H and O–H groups in total. The Labute approximate surface area is 96.5 Å². The number of hydrogen-bond acceptors (Lipinski definition) is 4. The molecular weight excluding hydrogens is 236 g/mol. The van der Waals surface area contributed by atoms with E-state index in [1.165, 1.54) is 12.1 Å². The number of benzene rings is 1. The van der Waals surface area contributed by atoms with Crippen LogP contribution in [0.5, 0.6) is 5.75 Å². The molecule has 0 radical (unpaired) electrons. The van der Waals surface area contributed by atoms with Gasteiger partial charge in [-0.05, 0) is 12.1 Å². The lowest BCUT2D eigenvalue weighted by Crippen LogP contribution is -2.19. The number of hydrogen-bond donors (Lipinski definition) is 4. The quantitative estimate of drug-likeness (QED) is 0.587. The van der Waals surface area contributed by atoms with E-state index in [1.54, 1.807) is 0 Å². The number of aliphatic hydroxyl groups excluding tert-OH is 2. The largest absolute Gasteiger partial charge is 0.508 e. The third-order valence-electron chi connectivity index (χ3n) is 2.12. The molecule has 1 aromatic rings. The molecule has 6 heteroatoms. The Bertz CT molecular complexity index is 393. The minimum atomic E-state index is -1.35. The SMILES string of the molecule is O=C(O)c1ccc(C(O)C(O)CCl)c(O)c1. The van der Waals surface area contributed by atoms with Crippen LogP contribution in [0, 0.1) is 0 Å². The highest BCUT2D eigenvalue weighted by Crippen LogP contribution is 2.27. The van der Waals surface area contributed by atoms with E-state index < -0.39 is 23.9 Å². The summed E-state index contributed by atoms with van der Waals surface area (Å²) in [6, 6.07) is 3.46. The van der Waals surface area contributed by atoms with E-state index in [0.29, 0.717) is 0 Å². The molecule has 2 atom stereocenters. The minimum Gasteiger partial charge on any atom is -0.508 e. The van der Waals surface area contributed by atoms with Crippen LogP contribution in [0.15, 0.2) is 18.2 Å². The summed E-state index contributed by atoms with van der Waals surface area (Å²) in [7, 11) is 0. The van der Waals surface area contributed by atoms with Crippen LogP contribution in [0.4, 0.5) is 0 Å². The van der Waals surface area contributed by atoms with Crippen LogP contribution in [0.1, 0.15) is 22.0 Å². The standard InChI is InChI=1S/C10H11ClO5/c11-4-8(13)9(14)6-2-1-5(10(15)16)3-7(6)12/h1-3,8-9,12-14H,4H2,(H,15,16). The van der Waals surface area contributed by atoms with Crippen LogP contribution >= 0.6 is 11.6 Å². The summed E-state index contributed by atoms with van der Waals surface area (Å²) in [5.74, 6) is -1.77. The molecule has 0 aromatic heterocycles. The van der Waals surface area contributed by atoms with Crippen molar-refractivity contribution < 1.29 is 25.2 Å². The summed E-state index contributed by atoms with van der Waals surface area (Å²) in [5, 5.41) is 37.0. The number of aliphatic hydroxyl groups is 2. The summed E-state index contributed by atoms with van der Waals surface area (Å²) < 4.78 is 0. The van der Waals surface area contributed by atoms with Gasteiger partial charge in [-0.25, -0.2) is 4.79 Å². The fourth-order valence-corrected chi connectivity index (χ4v) is 1.39. The van der Waals surface area contributed by atoms with Gasteiger partial charge in [0, 0.05) is 5.56 Å². The molecule has 0 heterocycles. The Morgan fingerprint density at radius 2 is 2.00 bits per heavy atom. The average molecular weight is 247 g/mol. The molecule has 0 bridgehead atoms. The fraction of sp³-hybridized carbons (Fsp3) is 0.300. The molecule has 1 aromatic carbocycles. The number of phenols is 1. The highest BCUT2D eigenvalue weighted by molar-refractivity contribution is 6.18. The molecule has 0 spiro atoms. The summed E-state index contributed by atoms with van der Waals surface area (Å²) in [5.41, 5.74) is -0.0630.